The molecule has 124 valence electrons. The lowest BCUT2D eigenvalue weighted by molar-refractivity contribution is -0.141. The first-order valence-corrected chi connectivity index (χ1v) is 7.11. The van der Waals surface area contributed by atoms with Gasteiger partial charge in [0, 0.05) is 19.3 Å². The van der Waals surface area contributed by atoms with Gasteiger partial charge in [-0.25, -0.2) is 4.79 Å². The van der Waals surface area contributed by atoms with Crippen LogP contribution in [0.2, 0.25) is 0 Å². The maximum Gasteiger partial charge on any atom is 0.435 e. The Bertz CT molecular complexity index is 625. The van der Waals surface area contributed by atoms with Gasteiger partial charge in [-0.15, -0.1) is 0 Å². The van der Waals surface area contributed by atoms with Crippen LogP contribution in [0.4, 0.5) is 18.0 Å². The van der Waals surface area contributed by atoms with Crippen LogP contribution < -0.4 is 10.6 Å². The fourth-order valence-corrected chi connectivity index (χ4v) is 1.95. The molecule has 0 aliphatic rings. The summed E-state index contributed by atoms with van der Waals surface area (Å²) in [4.78, 5) is 11.6. The van der Waals surface area contributed by atoms with E-state index in [4.69, 9.17) is 0 Å². The highest BCUT2D eigenvalue weighted by atomic mass is 19.4. The van der Waals surface area contributed by atoms with E-state index in [-0.39, 0.29) is 19.1 Å². The Balaban J connectivity index is 1.64. The van der Waals surface area contributed by atoms with Crippen LogP contribution in [-0.2, 0) is 19.1 Å². The lowest BCUT2D eigenvalue weighted by Gasteiger charge is -2.08. The molecule has 0 unspecified atom stereocenters. The fourth-order valence-electron chi connectivity index (χ4n) is 1.95. The predicted octanol–water partition coefficient (Wildman–Crippen LogP) is 2.44. The Morgan fingerprint density at radius 2 is 1.78 bits per heavy atom. The molecule has 0 aliphatic carbocycles. The van der Waals surface area contributed by atoms with Crippen molar-refractivity contribution in [3.63, 3.8) is 0 Å². The number of nitrogens with one attached hydrogen (secondary N) is 2. The fraction of sp³-hybridized carbons (Fsp3) is 0.333. The number of nitrogens with zero attached hydrogens (tertiary/aromatic N) is 2. The van der Waals surface area contributed by atoms with Crippen molar-refractivity contribution in [3.8, 4) is 0 Å². The first kappa shape index (κ1) is 16.9. The summed E-state index contributed by atoms with van der Waals surface area (Å²) in [7, 11) is 0. The second kappa shape index (κ2) is 7.66. The van der Waals surface area contributed by atoms with Gasteiger partial charge in [-0.1, -0.05) is 30.3 Å². The third-order valence-electron chi connectivity index (χ3n) is 3.10. The van der Waals surface area contributed by atoms with Crippen LogP contribution in [0.5, 0.6) is 0 Å². The molecule has 5 nitrogen and oxygen atoms in total. The second-order valence-electron chi connectivity index (χ2n) is 4.88. The standard InChI is InChI=1S/C15H17F3N4O/c16-15(17,18)13-7-10-22(21-13)11-9-20-14(23)19-8-6-12-4-2-1-3-5-12/h1-5,7,10H,6,8-9,11H2,(H2,19,20,23). The number of halogens is 3. The molecule has 2 N–H and O–H groups in total. The zero-order chi connectivity index (χ0) is 16.7. The topological polar surface area (TPSA) is 59.0 Å². The molecule has 2 aromatic rings. The van der Waals surface area contributed by atoms with E-state index in [9.17, 15) is 18.0 Å². The van der Waals surface area contributed by atoms with Crippen LogP contribution in [0.3, 0.4) is 0 Å². The number of urea groups is 1. The van der Waals surface area contributed by atoms with Gasteiger partial charge in [-0.05, 0) is 18.1 Å². The van der Waals surface area contributed by atoms with Crippen molar-refractivity contribution in [2.75, 3.05) is 13.1 Å². The SMILES string of the molecule is O=C(NCCc1ccccc1)NCCn1ccc(C(F)(F)F)n1. The monoisotopic (exact) mass is 326 g/mol. The summed E-state index contributed by atoms with van der Waals surface area (Å²) in [6, 6.07) is 10.3. The molecule has 23 heavy (non-hydrogen) atoms. The van der Waals surface area contributed by atoms with E-state index >= 15 is 0 Å². The Morgan fingerprint density at radius 1 is 1.09 bits per heavy atom. The molecule has 0 bridgehead atoms. The molecule has 0 fully saturated rings. The summed E-state index contributed by atoms with van der Waals surface area (Å²) >= 11 is 0. The van der Waals surface area contributed by atoms with Crippen molar-refractivity contribution in [1.82, 2.24) is 20.4 Å². The lowest BCUT2D eigenvalue weighted by Crippen LogP contribution is -2.38. The molecule has 8 heteroatoms. The molecule has 2 rings (SSSR count). The maximum absolute atomic E-state index is 12.4. The molecule has 0 atom stereocenters. The summed E-state index contributed by atoms with van der Waals surface area (Å²) in [5, 5.41) is 8.66. The predicted molar refractivity (Wildman–Crippen MR) is 78.8 cm³/mol. The first-order chi connectivity index (χ1) is 10.9. The maximum atomic E-state index is 12.4. The minimum absolute atomic E-state index is 0.169. The summed E-state index contributed by atoms with van der Waals surface area (Å²) in [5.74, 6) is 0. The van der Waals surface area contributed by atoms with Crippen LogP contribution in [0.15, 0.2) is 42.6 Å². The average Bonchev–Trinajstić information content (AvgIpc) is 2.97. The summed E-state index contributed by atoms with van der Waals surface area (Å²) in [5.41, 5.74) is 0.175. The smallest absolute Gasteiger partial charge is 0.338 e. The molecule has 0 radical (unpaired) electrons. The van der Waals surface area contributed by atoms with Gasteiger partial charge >= 0.3 is 12.2 Å². The minimum Gasteiger partial charge on any atom is -0.338 e. The van der Waals surface area contributed by atoms with Crippen molar-refractivity contribution in [1.29, 1.82) is 0 Å². The van der Waals surface area contributed by atoms with Gasteiger partial charge in [0.05, 0.1) is 6.54 Å². The quantitative estimate of drug-likeness (QED) is 0.857. The average molecular weight is 326 g/mol. The molecule has 1 heterocycles. The van der Waals surface area contributed by atoms with E-state index in [0.717, 1.165) is 16.3 Å². The van der Waals surface area contributed by atoms with E-state index in [1.165, 1.54) is 6.20 Å². The molecule has 0 spiro atoms. The molecular formula is C15H17F3N4O. The highest BCUT2D eigenvalue weighted by Gasteiger charge is 2.33. The van der Waals surface area contributed by atoms with Crippen LogP contribution >= 0.6 is 0 Å². The van der Waals surface area contributed by atoms with Crippen LogP contribution in [-0.4, -0.2) is 28.9 Å². The van der Waals surface area contributed by atoms with Gasteiger partial charge in [0.2, 0.25) is 0 Å². The number of rotatable bonds is 6. The van der Waals surface area contributed by atoms with Gasteiger partial charge in [-0.3, -0.25) is 4.68 Å². The van der Waals surface area contributed by atoms with E-state index < -0.39 is 11.9 Å². The van der Waals surface area contributed by atoms with Gasteiger partial charge < -0.3 is 10.6 Å². The van der Waals surface area contributed by atoms with E-state index in [1.54, 1.807) is 0 Å². The molecule has 2 amide bonds. The van der Waals surface area contributed by atoms with E-state index in [1.807, 2.05) is 30.3 Å². The lowest BCUT2D eigenvalue weighted by atomic mass is 10.1. The van der Waals surface area contributed by atoms with Crippen LogP contribution in [0.25, 0.3) is 0 Å². The number of amides is 2. The molecular weight excluding hydrogens is 309 g/mol. The number of hydrogen-bond acceptors (Lipinski definition) is 2. The summed E-state index contributed by atoms with van der Waals surface area (Å²) in [6.07, 6.45) is -2.51. The highest BCUT2D eigenvalue weighted by Crippen LogP contribution is 2.27. The Hall–Kier alpha value is -2.51. The molecule has 1 aromatic heterocycles. The summed E-state index contributed by atoms with van der Waals surface area (Å²) < 4.78 is 38.3. The number of aromatic nitrogens is 2. The normalized spacial score (nSPS) is 11.3. The molecule has 0 saturated heterocycles. The Morgan fingerprint density at radius 3 is 2.43 bits per heavy atom. The van der Waals surface area contributed by atoms with Gasteiger partial charge in [-0.2, -0.15) is 18.3 Å². The zero-order valence-electron chi connectivity index (χ0n) is 12.3. The van der Waals surface area contributed by atoms with Gasteiger partial charge in [0.1, 0.15) is 0 Å². The Kier molecular flexibility index (Phi) is 5.61. The second-order valence-corrected chi connectivity index (χ2v) is 4.88. The van der Waals surface area contributed by atoms with Gasteiger partial charge in [0.15, 0.2) is 5.69 Å². The van der Waals surface area contributed by atoms with Crippen molar-refractivity contribution < 1.29 is 18.0 Å². The third kappa shape index (κ3) is 5.65. The number of alkyl halides is 3. The zero-order valence-corrected chi connectivity index (χ0v) is 12.3. The molecule has 0 aliphatic heterocycles. The molecule has 1 aromatic carbocycles. The number of hydrogen-bond donors (Lipinski definition) is 2. The van der Waals surface area contributed by atoms with Crippen LogP contribution in [0.1, 0.15) is 11.3 Å². The minimum atomic E-state index is -4.45. The number of carbonyl (C=O) groups excluding carboxylic acids is 1. The Labute approximate surface area is 131 Å². The van der Waals surface area contributed by atoms with Crippen molar-refractivity contribution in [3.05, 3.63) is 53.9 Å². The van der Waals surface area contributed by atoms with Crippen molar-refractivity contribution >= 4 is 6.03 Å². The van der Waals surface area contributed by atoms with Gasteiger partial charge in [0.25, 0.3) is 0 Å². The number of carbonyl (C=O) groups is 1. The highest BCUT2D eigenvalue weighted by molar-refractivity contribution is 5.73. The first-order valence-electron chi connectivity index (χ1n) is 7.11. The van der Waals surface area contributed by atoms with Crippen molar-refractivity contribution in [2.24, 2.45) is 0 Å². The van der Waals surface area contributed by atoms with Crippen molar-refractivity contribution in [2.45, 2.75) is 19.1 Å². The third-order valence-corrected chi connectivity index (χ3v) is 3.10. The van der Waals surface area contributed by atoms with E-state index in [2.05, 4.69) is 15.7 Å². The number of benzene rings is 1. The van der Waals surface area contributed by atoms with E-state index in [0.29, 0.717) is 13.0 Å². The van der Waals surface area contributed by atoms with Crippen LogP contribution in [0, 0.1) is 0 Å². The largest absolute Gasteiger partial charge is 0.435 e. The summed E-state index contributed by atoms with van der Waals surface area (Å²) in [6.45, 7) is 0.841. The molecule has 0 saturated carbocycles.